The summed E-state index contributed by atoms with van der Waals surface area (Å²) in [5, 5.41) is 11.5. The SMILES string of the molecule is Oc1[c]c(Cl)c2ccccc2c1. The van der Waals surface area contributed by atoms with E-state index in [0.717, 1.165) is 10.8 Å². The van der Waals surface area contributed by atoms with E-state index in [1.807, 2.05) is 24.3 Å². The van der Waals surface area contributed by atoms with Crippen LogP contribution in [0.3, 0.4) is 0 Å². The molecule has 0 saturated carbocycles. The molecule has 1 N–H and O–H groups in total. The molecule has 2 heteroatoms. The standard InChI is InChI=1S/C10H6ClO/c11-10-6-8(12)5-7-3-1-2-4-9(7)10/h1-5,12H. The number of hydrogen-bond donors (Lipinski definition) is 1. The molecule has 0 aliphatic carbocycles. The molecule has 2 rings (SSSR count). The van der Waals surface area contributed by atoms with Crippen LogP contribution in [0.5, 0.6) is 5.75 Å². The second-order valence-electron chi connectivity index (χ2n) is 2.56. The van der Waals surface area contributed by atoms with E-state index in [1.165, 1.54) is 0 Å². The summed E-state index contributed by atoms with van der Waals surface area (Å²) < 4.78 is 0. The van der Waals surface area contributed by atoms with Crippen molar-refractivity contribution in [2.75, 3.05) is 0 Å². The predicted octanol–water partition coefficient (Wildman–Crippen LogP) is 3.00. The first-order chi connectivity index (χ1) is 5.77. The summed E-state index contributed by atoms with van der Waals surface area (Å²) in [5.74, 6) is 0.0821. The summed E-state index contributed by atoms with van der Waals surface area (Å²) in [6.07, 6.45) is 0. The Balaban J connectivity index is 2.89. The Morgan fingerprint density at radius 2 is 2.00 bits per heavy atom. The average molecular weight is 178 g/mol. The lowest BCUT2D eigenvalue weighted by Gasteiger charge is -1.99. The van der Waals surface area contributed by atoms with Gasteiger partial charge in [-0.1, -0.05) is 35.9 Å². The molecule has 0 bridgehead atoms. The molecule has 59 valence electrons. The molecule has 0 unspecified atom stereocenters. The molecule has 0 amide bonds. The lowest BCUT2D eigenvalue weighted by molar-refractivity contribution is 0.475. The number of rotatable bonds is 0. The van der Waals surface area contributed by atoms with Gasteiger partial charge in [-0.15, -0.1) is 0 Å². The molecule has 12 heavy (non-hydrogen) atoms. The Hall–Kier alpha value is -1.21. The highest BCUT2D eigenvalue weighted by Crippen LogP contribution is 2.27. The first kappa shape index (κ1) is 7.44. The molecule has 0 heterocycles. The first-order valence-corrected chi connectivity index (χ1v) is 3.95. The molecule has 2 aromatic rings. The molecule has 0 aromatic heterocycles. The fraction of sp³-hybridized carbons (Fsp3) is 0. The minimum Gasteiger partial charge on any atom is -0.507 e. The van der Waals surface area contributed by atoms with E-state index in [1.54, 1.807) is 6.07 Å². The van der Waals surface area contributed by atoms with E-state index in [0.29, 0.717) is 5.02 Å². The number of aromatic hydroxyl groups is 1. The highest BCUT2D eigenvalue weighted by atomic mass is 35.5. The van der Waals surface area contributed by atoms with Crippen LogP contribution in [0.25, 0.3) is 10.8 Å². The summed E-state index contributed by atoms with van der Waals surface area (Å²) in [5.41, 5.74) is 0. The summed E-state index contributed by atoms with van der Waals surface area (Å²) in [7, 11) is 0. The normalized spacial score (nSPS) is 10.4. The van der Waals surface area contributed by atoms with Crippen molar-refractivity contribution in [2.45, 2.75) is 0 Å². The van der Waals surface area contributed by atoms with E-state index < -0.39 is 0 Å². The van der Waals surface area contributed by atoms with Gasteiger partial charge < -0.3 is 5.11 Å². The molecule has 0 saturated heterocycles. The van der Waals surface area contributed by atoms with E-state index in [9.17, 15) is 5.11 Å². The second-order valence-corrected chi connectivity index (χ2v) is 2.93. The van der Waals surface area contributed by atoms with Gasteiger partial charge in [0, 0.05) is 11.5 Å². The minimum atomic E-state index is 0.0821. The van der Waals surface area contributed by atoms with Crippen molar-refractivity contribution in [2.24, 2.45) is 0 Å². The minimum absolute atomic E-state index is 0.0821. The highest BCUT2D eigenvalue weighted by Gasteiger charge is 1.99. The monoisotopic (exact) mass is 177 g/mol. The van der Waals surface area contributed by atoms with Crippen LogP contribution in [0.1, 0.15) is 0 Å². The summed E-state index contributed by atoms with van der Waals surface area (Å²) in [6.45, 7) is 0. The van der Waals surface area contributed by atoms with Gasteiger partial charge in [0.25, 0.3) is 0 Å². The molecular weight excluding hydrogens is 172 g/mol. The van der Waals surface area contributed by atoms with Crippen LogP contribution in [-0.2, 0) is 0 Å². The van der Waals surface area contributed by atoms with E-state index in [4.69, 9.17) is 11.6 Å². The second kappa shape index (κ2) is 2.68. The van der Waals surface area contributed by atoms with E-state index in [-0.39, 0.29) is 5.75 Å². The van der Waals surface area contributed by atoms with Gasteiger partial charge in [0.1, 0.15) is 5.75 Å². The number of phenolic OH excluding ortho intramolecular Hbond substituents is 1. The van der Waals surface area contributed by atoms with Crippen molar-refractivity contribution in [1.29, 1.82) is 0 Å². The fourth-order valence-corrected chi connectivity index (χ4v) is 1.45. The Morgan fingerprint density at radius 3 is 2.83 bits per heavy atom. The smallest absolute Gasteiger partial charge is 0.125 e. The number of phenols is 1. The van der Waals surface area contributed by atoms with Gasteiger partial charge in [0.15, 0.2) is 0 Å². The number of fused-ring (bicyclic) bond motifs is 1. The molecular formula is C10H6ClO. The van der Waals surface area contributed by atoms with Gasteiger partial charge in [0.2, 0.25) is 0 Å². The molecule has 0 fully saturated rings. The summed E-state index contributed by atoms with van der Waals surface area (Å²) >= 11 is 5.85. The Kier molecular flexibility index (Phi) is 1.66. The average Bonchev–Trinajstić information content (AvgIpc) is 2.04. The quantitative estimate of drug-likeness (QED) is 0.656. The third kappa shape index (κ3) is 1.12. The van der Waals surface area contributed by atoms with Crippen molar-refractivity contribution in [1.82, 2.24) is 0 Å². The molecule has 0 atom stereocenters. The van der Waals surface area contributed by atoms with Crippen LogP contribution in [-0.4, -0.2) is 5.11 Å². The maximum atomic E-state index is 9.17. The van der Waals surface area contributed by atoms with Gasteiger partial charge in [-0.3, -0.25) is 0 Å². The Bertz CT molecular complexity index is 423. The van der Waals surface area contributed by atoms with Gasteiger partial charge in [-0.25, -0.2) is 0 Å². The van der Waals surface area contributed by atoms with Crippen molar-refractivity contribution in [3.05, 3.63) is 41.4 Å². The lowest BCUT2D eigenvalue weighted by atomic mass is 10.1. The van der Waals surface area contributed by atoms with Crippen LogP contribution in [0.2, 0.25) is 5.02 Å². The van der Waals surface area contributed by atoms with Crippen LogP contribution in [0, 0.1) is 6.07 Å². The van der Waals surface area contributed by atoms with Crippen molar-refractivity contribution >= 4 is 22.4 Å². The third-order valence-corrected chi connectivity index (χ3v) is 2.03. The summed E-state index contributed by atoms with van der Waals surface area (Å²) in [6, 6.07) is 11.9. The van der Waals surface area contributed by atoms with Gasteiger partial charge >= 0.3 is 0 Å². The Morgan fingerprint density at radius 1 is 1.25 bits per heavy atom. The Labute approximate surface area is 75.2 Å². The zero-order valence-corrected chi connectivity index (χ0v) is 6.97. The topological polar surface area (TPSA) is 20.2 Å². The number of benzene rings is 2. The van der Waals surface area contributed by atoms with Gasteiger partial charge in [0.05, 0.1) is 5.02 Å². The molecule has 1 nitrogen and oxygen atoms in total. The van der Waals surface area contributed by atoms with Crippen molar-refractivity contribution in [3.63, 3.8) is 0 Å². The van der Waals surface area contributed by atoms with Crippen molar-refractivity contribution < 1.29 is 5.11 Å². The zero-order chi connectivity index (χ0) is 8.55. The van der Waals surface area contributed by atoms with Gasteiger partial charge in [-0.2, -0.15) is 0 Å². The summed E-state index contributed by atoms with van der Waals surface area (Å²) in [4.78, 5) is 0. The maximum absolute atomic E-state index is 9.17. The maximum Gasteiger partial charge on any atom is 0.125 e. The number of hydrogen-bond acceptors (Lipinski definition) is 1. The first-order valence-electron chi connectivity index (χ1n) is 3.57. The lowest BCUT2D eigenvalue weighted by Crippen LogP contribution is -1.73. The number of halogens is 1. The van der Waals surface area contributed by atoms with E-state index in [2.05, 4.69) is 6.07 Å². The predicted molar refractivity (Wildman–Crippen MR) is 49.5 cm³/mol. The zero-order valence-electron chi connectivity index (χ0n) is 6.21. The van der Waals surface area contributed by atoms with Crippen LogP contribution >= 0.6 is 11.6 Å². The molecule has 0 aliphatic rings. The third-order valence-electron chi connectivity index (χ3n) is 1.73. The van der Waals surface area contributed by atoms with Crippen LogP contribution in [0.4, 0.5) is 0 Å². The van der Waals surface area contributed by atoms with Crippen molar-refractivity contribution in [3.8, 4) is 5.75 Å². The molecule has 1 radical (unpaired) electrons. The largest absolute Gasteiger partial charge is 0.507 e. The molecule has 0 aliphatic heterocycles. The van der Waals surface area contributed by atoms with Crippen LogP contribution in [0.15, 0.2) is 30.3 Å². The van der Waals surface area contributed by atoms with E-state index >= 15 is 0 Å². The fourth-order valence-electron chi connectivity index (χ4n) is 1.19. The van der Waals surface area contributed by atoms with Gasteiger partial charge in [-0.05, 0) is 11.5 Å². The van der Waals surface area contributed by atoms with Crippen LogP contribution < -0.4 is 0 Å². The molecule has 2 aromatic carbocycles. The highest BCUT2D eigenvalue weighted by molar-refractivity contribution is 6.35. The molecule has 0 spiro atoms.